The van der Waals surface area contributed by atoms with Gasteiger partial charge in [-0.25, -0.2) is 9.67 Å². The number of hydrogen-bond donors (Lipinski definition) is 0. The Morgan fingerprint density at radius 1 is 1.28 bits per heavy atom. The van der Waals surface area contributed by atoms with Gasteiger partial charge in [0.25, 0.3) is 5.91 Å². The first kappa shape index (κ1) is 20.7. The first-order valence-electron chi connectivity index (χ1n) is 9.18. The van der Waals surface area contributed by atoms with E-state index in [4.69, 9.17) is 21.1 Å². The summed E-state index contributed by atoms with van der Waals surface area (Å²) in [6.07, 6.45) is 3.12. The maximum absolute atomic E-state index is 13.1. The molecule has 0 aliphatic rings. The fourth-order valence-electron chi connectivity index (χ4n) is 2.98. The molecule has 3 aromatic rings. The number of ether oxygens (including phenoxy) is 2. The van der Waals surface area contributed by atoms with Crippen LogP contribution < -0.4 is 9.47 Å². The van der Waals surface area contributed by atoms with Crippen molar-refractivity contribution in [1.82, 2.24) is 19.7 Å². The van der Waals surface area contributed by atoms with E-state index < -0.39 is 0 Å². The van der Waals surface area contributed by atoms with Gasteiger partial charge < -0.3 is 14.4 Å². The number of nitrogens with zero attached hydrogens (tertiary/aromatic N) is 4. The molecule has 0 saturated carbocycles. The minimum atomic E-state index is -0.166. The predicted molar refractivity (Wildman–Crippen MR) is 111 cm³/mol. The van der Waals surface area contributed by atoms with Crippen LogP contribution in [0, 0.1) is 0 Å². The SMILES string of the molecule is CCOc1c(Cl)cc(C(=O)N(C)[C@H](C)c2ccc(-n3cncn3)cc2)cc1OC. The zero-order chi connectivity index (χ0) is 21.0. The molecule has 0 N–H and O–H groups in total. The number of hydrogen-bond acceptors (Lipinski definition) is 5. The summed E-state index contributed by atoms with van der Waals surface area (Å²) >= 11 is 6.31. The van der Waals surface area contributed by atoms with Crippen molar-refractivity contribution in [3.63, 3.8) is 0 Å². The highest BCUT2D eigenvalue weighted by Crippen LogP contribution is 2.37. The summed E-state index contributed by atoms with van der Waals surface area (Å²) in [5, 5.41) is 4.46. The molecule has 2 aromatic carbocycles. The first-order chi connectivity index (χ1) is 14.0. The monoisotopic (exact) mass is 414 g/mol. The van der Waals surface area contributed by atoms with Crippen LogP contribution in [0.3, 0.4) is 0 Å². The molecule has 0 saturated heterocycles. The summed E-state index contributed by atoms with van der Waals surface area (Å²) < 4.78 is 12.5. The van der Waals surface area contributed by atoms with Crippen LogP contribution in [-0.2, 0) is 0 Å². The Morgan fingerprint density at radius 2 is 2.00 bits per heavy atom. The van der Waals surface area contributed by atoms with Crippen LogP contribution >= 0.6 is 11.6 Å². The molecule has 3 rings (SSSR count). The van der Waals surface area contributed by atoms with E-state index >= 15 is 0 Å². The Labute approximate surface area is 174 Å². The molecule has 0 spiro atoms. The van der Waals surface area contributed by atoms with E-state index in [1.54, 1.807) is 35.1 Å². The van der Waals surface area contributed by atoms with Gasteiger partial charge in [-0.05, 0) is 43.7 Å². The van der Waals surface area contributed by atoms with Crippen molar-refractivity contribution in [3.8, 4) is 17.2 Å². The van der Waals surface area contributed by atoms with Crippen molar-refractivity contribution in [1.29, 1.82) is 0 Å². The van der Waals surface area contributed by atoms with Crippen LogP contribution in [0.25, 0.3) is 5.69 Å². The molecule has 0 radical (unpaired) electrons. The molecule has 29 heavy (non-hydrogen) atoms. The standard InChI is InChI=1S/C21H23ClN4O3/c1-5-29-20-18(22)10-16(11-19(20)28-4)21(27)25(3)14(2)15-6-8-17(9-7-15)26-13-23-12-24-26/h6-14H,5H2,1-4H3/t14-/m1/s1. The molecular formula is C21H23ClN4O3. The maximum Gasteiger partial charge on any atom is 0.254 e. The third-order valence-corrected chi connectivity index (χ3v) is 5.01. The predicted octanol–water partition coefficient (Wildman–Crippen LogP) is 4.16. The van der Waals surface area contributed by atoms with Gasteiger partial charge in [-0.15, -0.1) is 0 Å². The molecule has 0 aliphatic carbocycles. The van der Waals surface area contributed by atoms with E-state index in [2.05, 4.69) is 10.1 Å². The van der Waals surface area contributed by atoms with Gasteiger partial charge in [-0.2, -0.15) is 5.10 Å². The number of rotatable bonds is 7. The third kappa shape index (κ3) is 4.35. The van der Waals surface area contributed by atoms with Crippen molar-refractivity contribution in [2.45, 2.75) is 19.9 Å². The Balaban J connectivity index is 1.81. The maximum atomic E-state index is 13.1. The summed E-state index contributed by atoms with van der Waals surface area (Å²) in [6.45, 7) is 4.28. The van der Waals surface area contributed by atoms with Crippen molar-refractivity contribution >= 4 is 17.5 Å². The minimum Gasteiger partial charge on any atom is -0.493 e. The molecule has 1 heterocycles. The van der Waals surface area contributed by atoms with Crippen LogP contribution in [0.2, 0.25) is 5.02 Å². The molecule has 152 valence electrons. The summed E-state index contributed by atoms with van der Waals surface area (Å²) in [6, 6.07) is 10.9. The van der Waals surface area contributed by atoms with Crippen molar-refractivity contribution in [3.05, 3.63) is 65.2 Å². The van der Waals surface area contributed by atoms with Crippen molar-refractivity contribution < 1.29 is 14.3 Å². The van der Waals surface area contributed by atoms with Gasteiger partial charge in [0.2, 0.25) is 0 Å². The van der Waals surface area contributed by atoms with Crippen LogP contribution in [0.5, 0.6) is 11.5 Å². The smallest absolute Gasteiger partial charge is 0.254 e. The number of aromatic nitrogens is 3. The second-order valence-electron chi connectivity index (χ2n) is 6.45. The lowest BCUT2D eigenvalue weighted by Crippen LogP contribution is -2.29. The lowest BCUT2D eigenvalue weighted by Gasteiger charge is -2.26. The molecular weight excluding hydrogens is 392 g/mol. The number of methoxy groups -OCH3 is 1. The second kappa shape index (κ2) is 8.96. The average molecular weight is 415 g/mol. The van der Waals surface area contributed by atoms with Gasteiger partial charge in [0.1, 0.15) is 12.7 Å². The van der Waals surface area contributed by atoms with E-state index in [1.807, 2.05) is 38.1 Å². The van der Waals surface area contributed by atoms with E-state index in [0.717, 1.165) is 11.3 Å². The van der Waals surface area contributed by atoms with Crippen molar-refractivity contribution in [2.75, 3.05) is 20.8 Å². The van der Waals surface area contributed by atoms with Gasteiger partial charge in [0.15, 0.2) is 11.5 Å². The van der Waals surface area contributed by atoms with Crippen LogP contribution in [-0.4, -0.2) is 46.3 Å². The molecule has 1 atom stereocenters. The van der Waals surface area contributed by atoms with E-state index in [0.29, 0.717) is 28.7 Å². The van der Waals surface area contributed by atoms with E-state index in [1.165, 1.54) is 13.4 Å². The molecule has 8 heteroatoms. The van der Waals surface area contributed by atoms with E-state index in [-0.39, 0.29) is 11.9 Å². The second-order valence-corrected chi connectivity index (χ2v) is 6.85. The largest absolute Gasteiger partial charge is 0.493 e. The Hall–Kier alpha value is -3.06. The summed E-state index contributed by atoms with van der Waals surface area (Å²) in [7, 11) is 3.28. The highest BCUT2D eigenvalue weighted by molar-refractivity contribution is 6.32. The average Bonchev–Trinajstić information content (AvgIpc) is 3.28. The van der Waals surface area contributed by atoms with E-state index in [9.17, 15) is 4.79 Å². The summed E-state index contributed by atoms with van der Waals surface area (Å²) in [4.78, 5) is 18.7. The van der Waals surface area contributed by atoms with Gasteiger partial charge in [-0.3, -0.25) is 4.79 Å². The van der Waals surface area contributed by atoms with Gasteiger partial charge in [0.05, 0.1) is 30.5 Å². The summed E-state index contributed by atoms with van der Waals surface area (Å²) in [5.74, 6) is 0.703. The molecule has 0 aliphatic heterocycles. The van der Waals surface area contributed by atoms with Crippen LogP contribution in [0.1, 0.15) is 35.8 Å². The van der Waals surface area contributed by atoms with Gasteiger partial charge in [0, 0.05) is 12.6 Å². The lowest BCUT2D eigenvalue weighted by molar-refractivity contribution is 0.0742. The zero-order valence-corrected chi connectivity index (χ0v) is 17.6. The first-order valence-corrected chi connectivity index (χ1v) is 9.56. The number of benzene rings is 2. The highest BCUT2D eigenvalue weighted by Gasteiger charge is 2.22. The summed E-state index contributed by atoms with van der Waals surface area (Å²) in [5.41, 5.74) is 2.33. The Kier molecular flexibility index (Phi) is 6.39. The van der Waals surface area contributed by atoms with Gasteiger partial charge in [-0.1, -0.05) is 23.7 Å². The topological polar surface area (TPSA) is 69.5 Å². The van der Waals surface area contributed by atoms with Crippen molar-refractivity contribution in [2.24, 2.45) is 0 Å². The lowest BCUT2D eigenvalue weighted by atomic mass is 10.1. The number of carbonyl (C=O) groups excluding carboxylic acids is 1. The normalized spacial score (nSPS) is 11.8. The Bertz CT molecular complexity index is 974. The number of halogens is 1. The number of amides is 1. The Morgan fingerprint density at radius 3 is 2.59 bits per heavy atom. The molecule has 7 nitrogen and oxygen atoms in total. The fourth-order valence-corrected chi connectivity index (χ4v) is 3.24. The highest BCUT2D eigenvalue weighted by atomic mass is 35.5. The number of carbonyl (C=O) groups is 1. The zero-order valence-electron chi connectivity index (χ0n) is 16.8. The fraction of sp³-hybridized carbons (Fsp3) is 0.286. The molecule has 1 amide bonds. The molecule has 0 unspecified atom stereocenters. The molecule has 0 fully saturated rings. The third-order valence-electron chi connectivity index (χ3n) is 4.73. The quantitative estimate of drug-likeness (QED) is 0.580. The molecule has 1 aromatic heterocycles. The van der Waals surface area contributed by atoms with Crippen LogP contribution in [0.15, 0.2) is 49.1 Å². The van der Waals surface area contributed by atoms with Gasteiger partial charge >= 0.3 is 0 Å². The molecule has 0 bridgehead atoms. The van der Waals surface area contributed by atoms with Crippen LogP contribution in [0.4, 0.5) is 0 Å². The minimum absolute atomic E-state index is 0.149.